The average molecular weight is 296 g/mol. The van der Waals surface area contributed by atoms with Crippen LogP contribution >= 0.6 is 12.6 Å². The summed E-state index contributed by atoms with van der Waals surface area (Å²) in [6, 6.07) is 8.31. The van der Waals surface area contributed by atoms with E-state index in [9.17, 15) is 14.4 Å². The Balaban J connectivity index is 2.71. The maximum absolute atomic E-state index is 11.9. The van der Waals surface area contributed by atoms with Gasteiger partial charge in [-0.25, -0.2) is 0 Å². The number of hydrogen-bond donors (Lipinski definition) is 4. The lowest BCUT2D eigenvalue weighted by molar-refractivity contribution is -0.138. The Bertz CT molecular complexity index is 479. The summed E-state index contributed by atoms with van der Waals surface area (Å²) in [6.07, 6.45) is 0.284. The summed E-state index contributed by atoms with van der Waals surface area (Å²) >= 11 is 3.83. The standard InChI is InChI=1S/C13H16N2O4S/c16-11(8-20)15-10(13(19)14-7-12(17)18)6-9-4-2-1-3-5-9/h1-5,10,20H,6-8H2,(H,14,19)(H,15,16)(H,17,18)/t10-/m0/s1. The van der Waals surface area contributed by atoms with Gasteiger partial charge in [-0.05, 0) is 5.56 Å². The van der Waals surface area contributed by atoms with Crippen molar-refractivity contribution >= 4 is 30.4 Å². The maximum Gasteiger partial charge on any atom is 0.322 e. The van der Waals surface area contributed by atoms with Crippen molar-refractivity contribution in [3.05, 3.63) is 35.9 Å². The van der Waals surface area contributed by atoms with Gasteiger partial charge in [0.15, 0.2) is 0 Å². The number of carbonyl (C=O) groups excluding carboxylic acids is 2. The Kier molecular flexibility index (Phi) is 6.58. The molecule has 1 aromatic carbocycles. The molecule has 1 aromatic rings. The number of carboxylic acids is 1. The van der Waals surface area contributed by atoms with E-state index in [0.717, 1.165) is 5.56 Å². The van der Waals surface area contributed by atoms with Crippen molar-refractivity contribution in [2.75, 3.05) is 12.3 Å². The molecule has 1 atom stereocenters. The third kappa shape index (κ3) is 5.75. The van der Waals surface area contributed by atoms with E-state index in [1.165, 1.54) is 0 Å². The highest BCUT2D eigenvalue weighted by molar-refractivity contribution is 7.81. The van der Waals surface area contributed by atoms with Crippen LogP contribution in [0.2, 0.25) is 0 Å². The highest BCUT2D eigenvalue weighted by atomic mass is 32.1. The topological polar surface area (TPSA) is 95.5 Å². The molecule has 6 nitrogen and oxygen atoms in total. The number of rotatable bonds is 7. The quantitative estimate of drug-likeness (QED) is 0.526. The van der Waals surface area contributed by atoms with Gasteiger partial charge in [0.05, 0.1) is 5.75 Å². The van der Waals surface area contributed by atoms with Crippen LogP contribution < -0.4 is 10.6 Å². The lowest BCUT2D eigenvalue weighted by Gasteiger charge is -2.17. The summed E-state index contributed by atoms with van der Waals surface area (Å²) in [6.45, 7) is -0.485. The fourth-order valence-electron chi connectivity index (χ4n) is 1.58. The summed E-state index contributed by atoms with van der Waals surface area (Å²) in [5, 5.41) is 13.3. The van der Waals surface area contributed by atoms with E-state index in [4.69, 9.17) is 5.11 Å². The van der Waals surface area contributed by atoms with Gasteiger partial charge in [0.1, 0.15) is 12.6 Å². The molecule has 0 spiro atoms. The number of aliphatic carboxylic acids is 1. The molecule has 0 saturated carbocycles. The van der Waals surface area contributed by atoms with E-state index in [1.54, 1.807) is 0 Å². The minimum Gasteiger partial charge on any atom is -0.480 e. The monoisotopic (exact) mass is 296 g/mol. The van der Waals surface area contributed by atoms with Crippen molar-refractivity contribution < 1.29 is 19.5 Å². The lowest BCUT2D eigenvalue weighted by Crippen LogP contribution is -2.49. The fourth-order valence-corrected chi connectivity index (χ4v) is 1.68. The molecule has 0 fully saturated rings. The normalized spacial score (nSPS) is 11.4. The van der Waals surface area contributed by atoms with Crippen LogP contribution in [0.5, 0.6) is 0 Å². The first-order valence-corrected chi connectivity index (χ1v) is 6.60. The largest absolute Gasteiger partial charge is 0.480 e. The number of nitrogens with one attached hydrogen (secondary N) is 2. The van der Waals surface area contributed by atoms with Gasteiger partial charge in [-0.2, -0.15) is 12.6 Å². The summed E-state index contributed by atoms with van der Waals surface area (Å²) in [7, 11) is 0. The van der Waals surface area contributed by atoms with E-state index >= 15 is 0 Å². The first-order chi connectivity index (χ1) is 9.52. The van der Waals surface area contributed by atoms with Crippen LogP contribution in [0.15, 0.2) is 30.3 Å². The number of thiol groups is 1. The first kappa shape index (κ1) is 16.0. The molecule has 3 N–H and O–H groups in total. The van der Waals surface area contributed by atoms with Crippen LogP contribution in [0.4, 0.5) is 0 Å². The average Bonchev–Trinajstić information content (AvgIpc) is 2.44. The van der Waals surface area contributed by atoms with Crippen molar-refractivity contribution in [1.82, 2.24) is 10.6 Å². The zero-order chi connectivity index (χ0) is 15.0. The second-order valence-corrected chi connectivity index (χ2v) is 4.40. The van der Waals surface area contributed by atoms with Gasteiger partial charge in [0.25, 0.3) is 0 Å². The maximum atomic E-state index is 11.9. The molecule has 0 aliphatic carbocycles. The zero-order valence-corrected chi connectivity index (χ0v) is 11.6. The molecule has 7 heteroatoms. The molecular weight excluding hydrogens is 280 g/mol. The highest BCUT2D eigenvalue weighted by Crippen LogP contribution is 2.03. The molecule has 0 saturated heterocycles. The summed E-state index contributed by atoms with van der Waals surface area (Å²) in [5.41, 5.74) is 0.863. The van der Waals surface area contributed by atoms with Gasteiger partial charge in [-0.3, -0.25) is 14.4 Å². The van der Waals surface area contributed by atoms with Crippen molar-refractivity contribution in [3.63, 3.8) is 0 Å². The van der Waals surface area contributed by atoms with E-state index in [-0.39, 0.29) is 18.1 Å². The number of amides is 2. The third-order valence-electron chi connectivity index (χ3n) is 2.49. The van der Waals surface area contributed by atoms with Gasteiger partial charge in [-0.15, -0.1) is 0 Å². The summed E-state index contributed by atoms with van der Waals surface area (Å²) in [4.78, 5) is 33.7. The van der Waals surface area contributed by atoms with E-state index in [1.807, 2.05) is 30.3 Å². The van der Waals surface area contributed by atoms with Gasteiger partial charge in [0.2, 0.25) is 11.8 Å². The van der Waals surface area contributed by atoms with Crippen LogP contribution in [0.25, 0.3) is 0 Å². The summed E-state index contributed by atoms with van der Waals surface area (Å²) < 4.78 is 0. The fraction of sp³-hybridized carbons (Fsp3) is 0.308. The minimum absolute atomic E-state index is 0.0441. The molecule has 0 unspecified atom stereocenters. The van der Waals surface area contributed by atoms with Crippen molar-refractivity contribution in [2.45, 2.75) is 12.5 Å². The third-order valence-corrected chi connectivity index (χ3v) is 2.78. The molecular formula is C13H16N2O4S. The van der Waals surface area contributed by atoms with Crippen molar-refractivity contribution in [2.24, 2.45) is 0 Å². The molecule has 0 aromatic heterocycles. The van der Waals surface area contributed by atoms with Crippen molar-refractivity contribution in [1.29, 1.82) is 0 Å². The van der Waals surface area contributed by atoms with Crippen LogP contribution in [-0.2, 0) is 20.8 Å². The molecule has 0 heterocycles. The molecule has 0 aliphatic rings. The second kappa shape index (κ2) is 8.21. The smallest absolute Gasteiger partial charge is 0.322 e. The van der Waals surface area contributed by atoms with Gasteiger partial charge in [-0.1, -0.05) is 30.3 Å². The Hall–Kier alpha value is -2.02. The predicted molar refractivity (Wildman–Crippen MR) is 76.6 cm³/mol. The predicted octanol–water partition coefficient (Wildman–Crippen LogP) is -0.155. The van der Waals surface area contributed by atoms with Gasteiger partial charge in [0, 0.05) is 6.42 Å². The Morgan fingerprint density at radius 1 is 1.20 bits per heavy atom. The number of hydrogen-bond acceptors (Lipinski definition) is 4. The molecule has 1 rings (SSSR count). The summed E-state index contributed by atoms with van der Waals surface area (Å²) in [5.74, 6) is -2.11. The van der Waals surface area contributed by atoms with Crippen molar-refractivity contribution in [3.8, 4) is 0 Å². The highest BCUT2D eigenvalue weighted by Gasteiger charge is 2.21. The van der Waals surface area contributed by atoms with Crippen LogP contribution in [0.1, 0.15) is 5.56 Å². The first-order valence-electron chi connectivity index (χ1n) is 5.96. The van der Waals surface area contributed by atoms with E-state index in [0.29, 0.717) is 0 Å². The van der Waals surface area contributed by atoms with Crippen LogP contribution in [-0.4, -0.2) is 41.2 Å². The Labute approximate surface area is 122 Å². The van der Waals surface area contributed by atoms with E-state index < -0.39 is 24.5 Å². The van der Waals surface area contributed by atoms with Gasteiger partial charge < -0.3 is 15.7 Å². The lowest BCUT2D eigenvalue weighted by atomic mass is 10.1. The number of carboxylic acid groups (broad SMARTS) is 1. The van der Waals surface area contributed by atoms with Crippen LogP contribution in [0.3, 0.4) is 0 Å². The molecule has 0 bridgehead atoms. The molecule has 2 amide bonds. The number of carbonyl (C=O) groups is 3. The molecule has 108 valence electrons. The minimum atomic E-state index is -1.14. The Morgan fingerprint density at radius 2 is 1.85 bits per heavy atom. The van der Waals surface area contributed by atoms with Crippen LogP contribution in [0, 0.1) is 0 Å². The SMILES string of the molecule is O=C(O)CNC(=O)[C@H](Cc1ccccc1)NC(=O)CS. The molecule has 20 heavy (non-hydrogen) atoms. The number of benzene rings is 1. The second-order valence-electron chi connectivity index (χ2n) is 4.08. The van der Waals surface area contributed by atoms with E-state index in [2.05, 4.69) is 23.3 Å². The zero-order valence-electron chi connectivity index (χ0n) is 10.7. The molecule has 0 aliphatic heterocycles. The molecule has 0 radical (unpaired) electrons. The van der Waals surface area contributed by atoms with Gasteiger partial charge >= 0.3 is 5.97 Å². The Morgan fingerprint density at radius 3 is 2.40 bits per heavy atom.